The first-order valence-electron chi connectivity index (χ1n) is 12.4. The first-order chi connectivity index (χ1) is 18.3. The molecule has 3 heterocycles. The van der Waals surface area contributed by atoms with Gasteiger partial charge < -0.3 is 9.47 Å². The number of anilines is 1. The summed E-state index contributed by atoms with van der Waals surface area (Å²) in [4.78, 5) is 22.2. The third-order valence-electron chi connectivity index (χ3n) is 7.29. The average molecular weight is 567 g/mol. The summed E-state index contributed by atoms with van der Waals surface area (Å²) < 4.78 is 1.49. The second-order valence-corrected chi connectivity index (χ2v) is 10.7. The van der Waals surface area contributed by atoms with E-state index >= 15 is 0 Å². The molecule has 2 aromatic heterocycles. The van der Waals surface area contributed by atoms with Crippen LogP contribution >= 0.6 is 34.8 Å². The molecule has 194 valence electrons. The summed E-state index contributed by atoms with van der Waals surface area (Å²) in [6.07, 6.45) is 0.880. The first-order valence-corrected chi connectivity index (χ1v) is 13.6. The minimum atomic E-state index is -0.281. The lowest BCUT2D eigenvalue weighted by Crippen LogP contribution is -2.54. The van der Waals surface area contributed by atoms with Crippen molar-refractivity contribution in [3.63, 3.8) is 0 Å². The third-order valence-corrected chi connectivity index (χ3v) is 8.14. The van der Waals surface area contributed by atoms with Gasteiger partial charge in [0.15, 0.2) is 0 Å². The van der Waals surface area contributed by atoms with E-state index in [2.05, 4.69) is 52.0 Å². The molecule has 0 spiro atoms. The Morgan fingerprint density at radius 2 is 1.58 bits per heavy atom. The van der Waals surface area contributed by atoms with Gasteiger partial charge in [-0.1, -0.05) is 66.0 Å². The highest BCUT2D eigenvalue weighted by molar-refractivity contribution is 6.34. The molecule has 0 amide bonds. The Kier molecular flexibility index (Phi) is 7.65. The predicted molar refractivity (Wildman–Crippen MR) is 154 cm³/mol. The van der Waals surface area contributed by atoms with Crippen LogP contribution in [0.5, 0.6) is 0 Å². The van der Waals surface area contributed by atoms with Crippen LogP contribution in [0.25, 0.3) is 11.0 Å². The maximum absolute atomic E-state index is 13.0. The molecule has 9 heteroatoms. The molecule has 1 aliphatic heterocycles. The van der Waals surface area contributed by atoms with Crippen LogP contribution in [-0.4, -0.2) is 40.1 Å². The van der Waals surface area contributed by atoms with Crippen molar-refractivity contribution in [3.05, 3.63) is 103 Å². The van der Waals surface area contributed by atoms with E-state index in [9.17, 15) is 10.1 Å². The largest absolute Gasteiger partial charge is 0.365 e. The average Bonchev–Trinajstić information content (AvgIpc) is 2.94. The van der Waals surface area contributed by atoms with Crippen LogP contribution in [0, 0.1) is 11.3 Å². The monoisotopic (exact) mass is 565 g/mol. The maximum atomic E-state index is 13.0. The fourth-order valence-corrected chi connectivity index (χ4v) is 5.94. The topological polar surface area (TPSA) is 65.2 Å². The number of rotatable bonds is 5. The van der Waals surface area contributed by atoms with E-state index in [0.29, 0.717) is 39.9 Å². The van der Waals surface area contributed by atoms with Crippen molar-refractivity contribution in [2.24, 2.45) is 7.05 Å². The van der Waals surface area contributed by atoms with E-state index < -0.39 is 0 Å². The number of halogens is 3. The quantitative estimate of drug-likeness (QED) is 0.278. The lowest BCUT2D eigenvalue weighted by molar-refractivity contribution is 0.135. The lowest BCUT2D eigenvalue weighted by atomic mass is 9.93. The van der Waals surface area contributed by atoms with Crippen LogP contribution in [0.4, 0.5) is 5.69 Å². The van der Waals surface area contributed by atoms with Crippen molar-refractivity contribution in [2.75, 3.05) is 24.5 Å². The molecular formula is C29H26Cl3N5O. The second kappa shape index (κ2) is 11.0. The number of aromatic nitrogens is 2. The summed E-state index contributed by atoms with van der Waals surface area (Å²) in [6.45, 7) is 4.17. The van der Waals surface area contributed by atoms with Gasteiger partial charge in [0.05, 0.1) is 17.2 Å². The Morgan fingerprint density at radius 3 is 2.13 bits per heavy atom. The van der Waals surface area contributed by atoms with Gasteiger partial charge in [0.25, 0.3) is 5.56 Å². The molecule has 4 aromatic rings. The predicted octanol–water partition coefficient (Wildman–Crippen LogP) is 6.46. The van der Waals surface area contributed by atoms with Gasteiger partial charge in [-0.3, -0.25) is 9.69 Å². The van der Waals surface area contributed by atoms with Crippen LogP contribution in [0.3, 0.4) is 0 Å². The van der Waals surface area contributed by atoms with Gasteiger partial charge in [-0.2, -0.15) is 5.26 Å². The number of aryl methyl sites for hydroxylation is 1. The molecule has 5 rings (SSSR count). The zero-order valence-corrected chi connectivity index (χ0v) is 23.3. The molecule has 38 heavy (non-hydrogen) atoms. The number of nitrogens with zero attached hydrogens (tertiary/aromatic N) is 5. The van der Waals surface area contributed by atoms with Crippen LogP contribution in [-0.2, 0) is 7.05 Å². The van der Waals surface area contributed by atoms with E-state index in [0.717, 1.165) is 24.1 Å². The van der Waals surface area contributed by atoms with Gasteiger partial charge in [0.2, 0.25) is 0 Å². The third kappa shape index (κ3) is 4.88. The van der Waals surface area contributed by atoms with Crippen molar-refractivity contribution < 1.29 is 0 Å². The SMILES string of the molecule is CC[C@@H]1CN(c2c(Cl)c(=O)n(C)c3ccc(C#N)nc23)CCN1C(c1ccc(Cl)cc1)c1ccc(Cl)cc1. The Morgan fingerprint density at radius 1 is 0.974 bits per heavy atom. The van der Waals surface area contributed by atoms with Crippen LogP contribution < -0.4 is 10.5 Å². The van der Waals surface area contributed by atoms with Crippen molar-refractivity contribution in [1.82, 2.24) is 14.5 Å². The number of hydrogen-bond donors (Lipinski definition) is 0. The fraction of sp³-hybridized carbons (Fsp3) is 0.276. The first kappa shape index (κ1) is 26.5. The highest BCUT2D eigenvalue weighted by Gasteiger charge is 2.35. The lowest BCUT2D eigenvalue weighted by Gasteiger charge is -2.46. The summed E-state index contributed by atoms with van der Waals surface area (Å²) in [5.74, 6) is 0. The number of hydrogen-bond acceptors (Lipinski definition) is 5. The van der Waals surface area contributed by atoms with E-state index in [1.165, 1.54) is 4.57 Å². The zero-order chi connectivity index (χ0) is 27.0. The molecule has 1 fully saturated rings. The summed E-state index contributed by atoms with van der Waals surface area (Å²) in [6, 6.07) is 21.6. The van der Waals surface area contributed by atoms with Crippen molar-refractivity contribution in [2.45, 2.75) is 25.4 Å². The Bertz CT molecular complexity index is 1530. The summed E-state index contributed by atoms with van der Waals surface area (Å²) in [5, 5.41) is 11.0. The van der Waals surface area contributed by atoms with Crippen LogP contribution in [0.15, 0.2) is 65.5 Å². The summed E-state index contributed by atoms with van der Waals surface area (Å²) >= 11 is 19.1. The fourth-order valence-electron chi connectivity index (χ4n) is 5.35. The minimum absolute atomic E-state index is 0.00388. The number of fused-ring (bicyclic) bond motifs is 1. The van der Waals surface area contributed by atoms with E-state index in [1.54, 1.807) is 19.2 Å². The highest BCUT2D eigenvalue weighted by Crippen LogP contribution is 2.37. The van der Waals surface area contributed by atoms with E-state index in [-0.39, 0.29) is 28.4 Å². The number of pyridine rings is 2. The summed E-state index contributed by atoms with van der Waals surface area (Å²) in [5.41, 5.74) is 4.08. The smallest absolute Gasteiger partial charge is 0.271 e. The Labute approximate surface area is 236 Å². The normalized spacial score (nSPS) is 16.2. The van der Waals surface area contributed by atoms with Crippen molar-refractivity contribution in [3.8, 4) is 6.07 Å². The maximum Gasteiger partial charge on any atom is 0.271 e. The van der Waals surface area contributed by atoms with E-state index in [1.807, 2.05) is 24.3 Å². The number of nitriles is 1. The number of piperazine rings is 1. The molecule has 1 aliphatic rings. The zero-order valence-electron chi connectivity index (χ0n) is 21.0. The van der Waals surface area contributed by atoms with Gasteiger partial charge in [0.1, 0.15) is 22.3 Å². The molecule has 2 aromatic carbocycles. The molecular weight excluding hydrogens is 541 g/mol. The molecule has 0 aliphatic carbocycles. The van der Waals surface area contributed by atoms with E-state index in [4.69, 9.17) is 34.8 Å². The van der Waals surface area contributed by atoms with Crippen LogP contribution in [0.1, 0.15) is 36.2 Å². The van der Waals surface area contributed by atoms with Gasteiger partial charge >= 0.3 is 0 Å². The highest BCUT2D eigenvalue weighted by atomic mass is 35.5. The molecule has 0 unspecified atom stereocenters. The minimum Gasteiger partial charge on any atom is -0.365 e. The molecule has 1 saturated heterocycles. The Balaban J connectivity index is 1.57. The molecule has 1 atom stereocenters. The standard InChI is InChI=1S/C29H26Cl3N5O/c1-3-23-17-36(28-25(32)29(38)35(2)24-13-12-22(16-33)34-26(24)28)14-15-37(23)27(18-4-8-20(30)9-5-18)19-6-10-21(31)11-7-19/h4-13,23,27H,3,14-15,17H2,1-2H3/t23-/m1/s1. The molecule has 0 N–H and O–H groups in total. The van der Waals surface area contributed by atoms with Gasteiger partial charge in [0, 0.05) is 42.8 Å². The van der Waals surface area contributed by atoms with Gasteiger partial charge in [-0.15, -0.1) is 0 Å². The van der Waals surface area contributed by atoms with Gasteiger partial charge in [-0.05, 0) is 53.9 Å². The van der Waals surface area contributed by atoms with Crippen molar-refractivity contribution >= 4 is 51.5 Å². The van der Waals surface area contributed by atoms with Crippen LogP contribution in [0.2, 0.25) is 15.1 Å². The van der Waals surface area contributed by atoms with Gasteiger partial charge in [-0.25, -0.2) is 4.98 Å². The second-order valence-electron chi connectivity index (χ2n) is 9.45. The molecule has 0 radical (unpaired) electrons. The Hall–Kier alpha value is -3.08. The number of benzene rings is 2. The summed E-state index contributed by atoms with van der Waals surface area (Å²) in [7, 11) is 1.67. The van der Waals surface area contributed by atoms with Crippen molar-refractivity contribution in [1.29, 1.82) is 5.26 Å². The molecule has 0 saturated carbocycles. The molecule has 6 nitrogen and oxygen atoms in total. The molecule has 0 bridgehead atoms.